The van der Waals surface area contributed by atoms with Crippen molar-refractivity contribution >= 4 is 45.8 Å². The summed E-state index contributed by atoms with van der Waals surface area (Å²) in [5.74, 6) is -1.29. The molecule has 162 valence electrons. The van der Waals surface area contributed by atoms with E-state index in [1.807, 2.05) is 4.90 Å². The van der Waals surface area contributed by atoms with Crippen LogP contribution in [0.15, 0.2) is 41.3 Å². The van der Waals surface area contributed by atoms with E-state index in [1.54, 1.807) is 43.6 Å². The monoisotopic (exact) mass is 461 g/mol. The van der Waals surface area contributed by atoms with E-state index in [-0.39, 0.29) is 5.56 Å². The van der Waals surface area contributed by atoms with Crippen LogP contribution < -0.4 is 10.5 Å². The Bertz CT molecular complexity index is 1220. The summed E-state index contributed by atoms with van der Waals surface area (Å²) in [5.41, 5.74) is -0.170. The number of hydrogen-bond donors (Lipinski definition) is 2. The Balaban J connectivity index is 1.70. The SMILES string of the molecule is Cn1c(=O)c(C(=O)O)c(N2CCC(O)(Cc3ccc(Cl)cn3)CC2)c2cc(Cl)ccc21. The molecule has 7 nitrogen and oxygen atoms in total. The highest BCUT2D eigenvalue weighted by Gasteiger charge is 2.35. The van der Waals surface area contributed by atoms with E-state index in [0.717, 1.165) is 5.69 Å². The largest absolute Gasteiger partial charge is 0.477 e. The third-order valence-electron chi connectivity index (χ3n) is 5.85. The van der Waals surface area contributed by atoms with Crippen molar-refractivity contribution in [2.75, 3.05) is 18.0 Å². The number of halogens is 2. The second-order valence-corrected chi connectivity index (χ2v) is 8.78. The van der Waals surface area contributed by atoms with Crippen LogP contribution in [0.4, 0.5) is 5.69 Å². The topological polar surface area (TPSA) is 95.7 Å². The smallest absolute Gasteiger partial charge is 0.343 e. The van der Waals surface area contributed by atoms with E-state index in [0.29, 0.717) is 59.0 Å². The van der Waals surface area contributed by atoms with Crippen LogP contribution in [0.1, 0.15) is 28.9 Å². The minimum atomic E-state index is -1.29. The number of rotatable bonds is 4. The van der Waals surface area contributed by atoms with Gasteiger partial charge >= 0.3 is 5.97 Å². The van der Waals surface area contributed by atoms with Gasteiger partial charge in [-0.05, 0) is 43.2 Å². The number of fused-ring (bicyclic) bond motifs is 1. The highest BCUT2D eigenvalue weighted by Crippen LogP contribution is 2.35. The van der Waals surface area contributed by atoms with Crippen molar-refractivity contribution in [3.63, 3.8) is 0 Å². The maximum absolute atomic E-state index is 12.8. The van der Waals surface area contributed by atoms with Gasteiger partial charge in [-0.15, -0.1) is 0 Å². The average molecular weight is 462 g/mol. The van der Waals surface area contributed by atoms with E-state index in [2.05, 4.69) is 4.98 Å². The molecular formula is C22H21Cl2N3O4. The van der Waals surface area contributed by atoms with Crippen LogP contribution in [0.25, 0.3) is 10.9 Å². The number of aliphatic hydroxyl groups is 1. The van der Waals surface area contributed by atoms with E-state index in [1.165, 1.54) is 4.57 Å². The van der Waals surface area contributed by atoms with Gasteiger partial charge in [0.05, 0.1) is 21.8 Å². The quantitative estimate of drug-likeness (QED) is 0.616. The molecule has 31 heavy (non-hydrogen) atoms. The number of carboxylic acids is 1. The molecule has 2 N–H and O–H groups in total. The number of carbonyl (C=O) groups is 1. The maximum atomic E-state index is 12.8. The van der Waals surface area contributed by atoms with Crippen molar-refractivity contribution in [1.29, 1.82) is 0 Å². The molecule has 1 aliphatic heterocycles. The van der Waals surface area contributed by atoms with Gasteiger partial charge in [-0.1, -0.05) is 23.2 Å². The van der Waals surface area contributed by atoms with Gasteiger partial charge in [-0.3, -0.25) is 9.78 Å². The molecule has 0 saturated carbocycles. The summed E-state index contributed by atoms with van der Waals surface area (Å²) >= 11 is 12.1. The Morgan fingerprint density at radius 3 is 2.45 bits per heavy atom. The van der Waals surface area contributed by atoms with E-state index < -0.39 is 17.1 Å². The van der Waals surface area contributed by atoms with Crippen LogP contribution in [0, 0.1) is 0 Å². The van der Waals surface area contributed by atoms with Crippen LogP contribution >= 0.6 is 23.2 Å². The molecule has 1 aliphatic rings. The first-order valence-corrected chi connectivity index (χ1v) is 10.6. The van der Waals surface area contributed by atoms with E-state index in [4.69, 9.17) is 23.2 Å². The number of carboxylic acid groups (broad SMARTS) is 1. The van der Waals surface area contributed by atoms with Crippen LogP contribution in [-0.4, -0.2) is 44.4 Å². The first-order chi connectivity index (χ1) is 14.7. The van der Waals surface area contributed by atoms with Gasteiger partial charge in [0.1, 0.15) is 5.56 Å². The predicted octanol–water partition coefficient (Wildman–Crippen LogP) is 3.51. The highest BCUT2D eigenvalue weighted by molar-refractivity contribution is 6.31. The summed E-state index contributed by atoms with van der Waals surface area (Å²) in [6.07, 6.45) is 2.71. The molecule has 0 radical (unpaired) electrons. The van der Waals surface area contributed by atoms with Gasteiger partial charge in [-0.25, -0.2) is 4.79 Å². The van der Waals surface area contributed by atoms with Crippen molar-refractivity contribution in [3.05, 3.63) is 68.2 Å². The minimum Gasteiger partial charge on any atom is -0.477 e. The van der Waals surface area contributed by atoms with Gasteiger partial charge in [0.2, 0.25) is 0 Å². The lowest BCUT2D eigenvalue weighted by Crippen LogP contribution is -2.47. The molecule has 0 bridgehead atoms. The van der Waals surface area contributed by atoms with Gasteiger partial charge in [0, 0.05) is 48.9 Å². The molecule has 0 amide bonds. The second-order valence-electron chi connectivity index (χ2n) is 7.91. The third-order valence-corrected chi connectivity index (χ3v) is 6.31. The van der Waals surface area contributed by atoms with E-state index >= 15 is 0 Å². The fourth-order valence-corrected chi connectivity index (χ4v) is 4.48. The Kier molecular flexibility index (Phi) is 5.68. The molecule has 3 heterocycles. The Morgan fingerprint density at radius 2 is 1.84 bits per heavy atom. The molecule has 1 fully saturated rings. The fourth-order valence-electron chi connectivity index (χ4n) is 4.20. The lowest BCUT2D eigenvalue weighted by molar-refractivity contribution is 0.0157. The second kappa shape index (κ2) is 8.15. The van der Waals surface area contributed by atoms with E-state index in [9.17, 15) is 19.8 Å². The zero-order chi connectivity index (χ0) is 22.3. The van der Waals surface area contributed by atoms with Gasteiger partial charge in [0.15, 0.2) is 0 Å². The summed E-state index contributed by atoms with van der Waals surface area (Å²) < 4.78 is 1.32. The Labute approximate surface area is 188 Å². The minimum absolute atomic E-state index is 0.290. The molecular weight excluding hydrogens is 441 g/mol. The van der Waals surface area contributed by atoms with Crippen molar-refractivity contribution in [1.82, 2.24) is 9.55 Å². The van der Waals surface area contributed by atoms with Gasteiger partial charge in [-0.2, -0.15) is 0 Å². The molecule has 0 aliphatic carbocycles. The molecule has 1 saturated heterocycles. The fraction of sp³-hybridized carbons (Fsp3) is 0.318. The molecule has 1 aromatic carbocycles. The van der Waals surface area contributed by atoms with Crippen LogP contribution in [0.5, 0.6) is 0 Å². The van der Waals surface area contributed by atoms with Crippen LogP contribution in [0.3, 0.4) is 0 Å². The summed E-state index contributed by atoms with van der Waals surface area (Å²) in [6.45, 7) is 0.776. The van der Waals surface area contributed by atoms with Crippen molar-refractivity contribution in [2.45, 2.75) is 24.9 Å². The summed E-state index contributed by atoms with van der Waals surface area (Å²) in [6, 6.07) is 8.57. The zero-order valence-electron chi connectivity index (χ0n) is 16.8. The standard InChI is InChI=1S/C22H21Cl2N3O4/c1-26-17-5-3-13(23)10-16(17)19(18(20(26)28)21(29)30)27-8-6-22(31,7-9-27)11-15-4-2-14(24)12-25-15/h2-5,10,12,31H,6-9,11H2,1H3,(H,29,30). The first kappa shape index (κ1) is 21.6. The van der Waals surface area contributed by atoms with Gasteiger partial charge in [0.25, 0.3) is 5.56 Å². The third kappa shape index (κ3) is 4.13. The molecule has 9 heteroatoms. The number of anilines is 1. The molecule has 4 rings (SSSR count). The number of aryl methyl sites for hydroxylation is 1. The Morgan fingerprint density at radius 1 is 1.16 bits per heavy atom. The normalized spacial score (nSPS) is 15.9. The van der Waals surface area contributed by atoms with Crippen LogP contribution in [0.2, 0.25) is 10.0 Å². The number of aromatic nitrogens is 2. The first-order valence-electron chi connectivity index (χ1n) is 9.82. The number of nitrogens with zero attached hydrogens (tertiary/aromatic N) is 3. The highest BCUT2D eigenvalue weighted by atomic mass is 35.5. The lowest BCUT2D eigenvalue weighted by atomic mass is 9.86. The number of piperidine rings is 1. The molecule has 2 aromatic heterocycles. The number of hydrogen-bond acceptors (Lipinski definition) is 5. The molecule has 3 aromatic rings. The number of benzene rings is 1. The maximum Gasteiger partial charge on any atom is 0.343 e. The lowest BCUT2D eigenvalue weighted by Gasteiger charge is -2.40. The molecule has 0 spiro atoms. The molecule has 0 atom stereocenters. The van der Waals surface area contributed by atoms with Crippen molar-refractivity contribution in [2.24, 2.45) is 7.05 Å². The molecule has 0 unspecified atom stereocenters. The Hall–Kier alpha value is -2.61. The van der Waals surface area contributed by atoms with Crippen LogP contribution in [-0.2, 0) is 13.5 Å². The van der Waals surface area contributed by atoms with Crippen molar-refractivity contribution < 1.29 is 15.0 Å². The van der Waals surface area contributed by atoms with Gasteiger partial charge < -0.3 is 19.7 Å². The summed E-state index contributed by atoms with van der Waals surface area (Å²) in [5, 5.41) is 22.5. The number of aromatic carboxylic acids is 1. The average Bonchev–Trinajstić information content (AvgIpc) is 2.72. The summed E-state index contributed by atoms with van der Waals surface area (Å²) in [7, 11) is 1.54. The summed E-state index contributed by atoms with van der Waals surface area (Å²) in [4.78, 5) is 31.0. The number of pyridine rings is 2. The van der Waals surface area contributed by atoms with Crippen molar-refractivity contribution in [3.8, 4) is 0 Å². The zero-order valence-corrected chi connectivity index (χ0v) is 18.3. The predicted molar refractivity (Wildman–Crippen MR) is 121 cm³/mol.